The molecule has 3 aromatic carbocycles. The van der Waals surface area contributed by atoms with Gasteiger partial charge in [-0.1, -0.05) is 66.2 Å². The van der Waals surface area contributed by atoms with Crippen molar-refractivity contribution in [3.8, 4) is 0 Å². The van der Waals surface area contributed by atoms with E-state index < -0.39 is 22.0 Å². The molecule has 3 aromatic rings. The number of esters is 1. The van der Waals surface area contributed by atoms with E-state index in [1.54, 1.807) is 13.0 Å². The highest BCUT2D eigenvalue weighted by molar-refractivity contribution is 7.89. The maximum atomic E-state index is 13.2. The molecule has 0 aliphatic heterocycles. The van der Waals surface area contributed by atoms with Crippen LogP contribution >= 0.6 is 0 Å². The molecule has 5 nitrogen and oxygen atoms in total. The predicted molar refractivity (Wildman–Crippen MR) is 112 cm³/mol. The van der Waals surface area contributed by atoms with E-state index in [-0.39, 0.29) is 10.5 Å². The second kappa shape index (κ2) is 8.59. The molecular weight excluding hydrogens is 386 g/mol. The minimum Gasteiger partial charge on any atom is -0.465 e. The van der Waals surface area contributed by atoms with Gasteiger partial charge in [0.25, 0.3) is 0 Å². The number of hydrogen-bond donors (Lipinski definition) is 1. The fraction of sp³-hybridized carbons (Fsp3) is 0.174. The molecule has 0 amide bonds. The normalized spacial score (nSPS) is 12.4. The standard InChI is InChI=1S/C23H23NO4S/c1-16-8-7-11-19(14-16)22(18-9-5-4-6-10-18)24-29(26,27)20-13-12-17(2)21(15-20)23(25)28-3/h4-15,22,24H,1-3H3/t22-/m0/s1. The number of sulfonamides is 1. The van der Waals surface area contributed by atoms with E-state index in [1.807, 2.05) is 61.5 Å². The molecular formula is C23H23NO4S. The Morgan fingerprint density at radius 1 is 0.897 bits per heavy atom. The van der Waals surface area contributed by atoms with Gasteiger partial charge in [0.05, 0.1) is 23.6 Å². The quantitative estimate of drug-likeness (QED) is 0.621. The van der Waals surface area contributed by atoms with Gasteiger partial charge in [-0.25, -0.2) is 13.2 Å². The van der Waals surface area contributed by atoms with Gasteiger partial charge in [0.15, 0.2) is 0 Å². The highest BCUT2D eigenvalue weighted by Crippen LogP contribution is 2.26. The van der Waals surface area contributed by atoms with E-state index in [0.717, 1.165) is 16.7 Å². The van der Waals surface area contributed by atoms with Crippen molar-refractivity contribution in [2.75, 3.05) is 7.11 Å². The average molecular weight is 410 g/mol. The number of benzene rings is 3. The van der Waals surface area contributed by atoms with Gasteiger partial charge in [-0.2, -0.15) is 4.72 Å². The van der Waals surface area contributed by atoms with Crippen molar-refractivity contribution in [2.24, 2.45) is 0 Å². The number of rotatable bonds is 6. The van der Waals surface area contributed by atoms with Crippen LogP contribution in [0.4, 0.5) is 0 Å². The van der Waals surface area contributed by atoms with Crippen LogP contribution in [0.3, 0.4) is 0 Å². The lowest BCUT2D eigenvalue weighted by molar-refractivity contribution is 0.0599. The largest absolute Gasteiger partial charge is 0.465 e. The molecule has 0 aliphatic rings. The molecule has 1 atom stereocenters. The fourth-order valence-electron chi connectivity index (χ4n) is 3.15. The molecule has 0 aliphatic carbocycles. The molecule has 29 heavy (non-hydrogen) atoms. The SMILES string of the molecule is COC(=O)c1cc(S(=O)(=O)N[C@@H](c2ccccc2)c2cccc(C)c2)ccc1C. The van der Waals surface area contributed by atoms with Crippen LogP contribution in [-0.4, -0.2) is 21.5 Å². The molecule has 0 fully saturated rings. The highest BCUT2D eigenvalue weighted by atomic mass is 32.2. The molecule has 150 valence electrons. The summed E-state index contributed by atoms with van der Waals surface area (Å²) in [6.07, 6.45) is 0. The number of carbonyl (C=O) groups excluding carboxylic acids is 1. The molecule has 1 N–H and O–H groups in total. The Morgan fingerprint density at radius 3 is 2.24 bits per heavy atom. The number of hydrogen-bond acceptors (Lipinski definition) is 4. The van der Waals surface area contributed by atoms with Gasteiger partial charge >= 0.3 is 5.97 Å². The van der Waals surface area contributed by atoms with E-state index in [1.165, 1.54) is 19.2 Å². The first-order valence-corrected chi connectivity index (χ1v) is 10.6. The summed E-state index contributed by atoms with van der Waals surface area (Å²) >= 11 is 0. The van der Waals surface area contributed by atoms with Gasteiger partial charge in [-0.15, -0.1) is 0 Å². The zero-order chi connectivity index (χ0) is 21.0. The molecule has 0 saturated heterocycles. The third kappa shape index (κ3) is 4.72. The van der Waals surface area contributed by atoms with Crippen molar-refractivity contribution in [3.63, 3.8) is 0 Å². The summed E-state index contributed by atoms with van der Waals surface area (Å²) in [5, 5.41) is 0. The topological polar surface area (TPSA) is 72.5 Å². The van der Waals surface area contributed by atoms with Gasteiger partial charge in [0.2, 0.25) is 10.0 Å². The van der Waals surface area contributed by atoms with E-state index in [9.17, 15) is 13.2 Å². The third-order valence-electron chi connectivity index (χ3n) is 4.71. The van der Waals surface area contributed by atoms with Gasteiger partial charge in [0.1, 0.15) is 0 Å². The van der Waals surface area contributed by atoms with Crippen molar-refractivity contribution in [1.29, 1.82) is 0 Å². The smallest absolute Gasteiger partial charge is 0.338 e. The highest BCUT2D eigenvalue weighted by Gasteiger charge is 2.24. The van der Waals surface area contributed by atoms with Crippen molar-refractivity contribution in [2.45, 2.75) is 24.8 Å². The maximum absolute atomic E-state index is 13.2. The molecule has 0 saturated carbocycles. The Labute approximate surface area is 171 Å². The molecule has 0 radical (unpaired) electrons. The van der Waals surface area contributed by atoms with Crippen molar-refractivity contribution < 1.29 is 17.9 Å². The molecule has 0 spiro atoms. The predicted octanol–water partition coefficient (Wildman–Crippen LogP) is 4.16. The Hall–Kier alpha value is -2.96. The van der Waals surface area contributed by atoms with Crippen molar-refractivity contribution in [3.05, 3.63) is 101 Å². The molecule has 0 unspecified atom stereocenters. The number of aryl methyl sites for hydroxylation is 2. The average Bonchev–Trinajstić information content (AvgIpc) is 2.72. The minimum absolute atomic E-state index is 0.0112. The van der Waals surface area contributed by atoms with Crippen LogP contribution < -0.4 is 4.72 Å². The van der Waals surface area contributed by atoms with Crippen LogP contribution in [0.1, 0.15) is 38.7 Å². The van der Waals surface area contributed by atoms with Crippen molar-refractivity contribution in [1.82, 2.24) is 4.72 Å². The van der Waals surface area contributed by atoms with Gasteiger partial charge in [-0.05, 0) is 42.7 Å². The molecule has 0 bridgehead atoms. The maximum Gasteiger partial charge on any atom is 0.338 e. The van der Waals surface area contributed by atoms with Crippen LogP contribution in [0.2, 0.25) is 0 Å². The second-order valence-electron chi connectivity index (χ2n) is 6.85. The monoisotopic (exact) mass is 409 g/mol. The third-order valence-corrected chi connectivity index (χ3v) is 6.13. The molecule has 3 rings (SSSR count). The molecule has 0 heterocycles. The summed E-state index contributed by atoms with van der Waals surface area (Å²) in [6, 6.07) is 21.0. The number of ether oxygens (including phenoxy) is 1. The summed E-state index contributed by atoms with van der Waals surface area (Å²) in [7, 11) is -2.64. The minimum atomic E-state index is -3.91. The number of methoxy groups -OCH3 is 1. The Balaban J connectivity index is 2.04. The summed E-state index contributed by atoms with van der Waals surface area (Å²) in [4.78, 5) is 12.0. The Kier molecular flexibility index (Phi) is 6.15. The van der Waals surface area contributed by atoms with Crippen LogP contribution in [0, 0.1) is 13.8 Å². The fourth-order valence-corrected chi connectivity index (χ4v) is 4.38. The van der Waals surface area contributed by atoms with E-state index >= 15 is 0 Å². The second-order valence-corrected chi connectivity index (χ2v) is 8.56. The first-order chi connectivity index (χ1) is 13.8. The molecule has 6 heteroatoms. The molecule has 0 aromatic heterocycles. The first kappa shape index (κ1) is 20.8. The zero-order valence-electron chi connectivity index (χ0n) is 16.5. The van der Waals surface area contributed by atoms with E-state index in [0.29, 0.717) is 5.56 Å². The van der Waals surface area contributed by atoms with E-state index in [2.05, 4.69) is 4.72 Å². The van der Waals surface area contributed by atoms with E-state index in [4.69, 9.17) is 4.74 Å². The Morgan fingerprint density at radius 2 is 1.59 bits per heavy atom. The van der Waals surface area contributed by atoms with Crippen LogP contribution in [0.15, 0.2) is 77.7 Å². The summed E-state index contributed by atoms with van der Waals surface area (Å²) < 4.78 is 33.9. The lowest BCUT2D eigenvalue weighted by Crippen LogP contribution is -2.29. The Bertz CT molecular complexity index is 1120. The van der Waals surface area contributed by atoms with Crippen LogP contribution in [0.25, 0.3) is 0 Å². The number of nitrogens with one attached hydrogen (secondary N) is 1. The summed E-state index contributed by atoms with van der Waals surface area (Å²) in [5.41, 5.74) is 3.56. The summed E-state index contributed by atoms with van der Waals surface area (Å²) in [6.45, 7) is 3.69. The van der Waals surface area contributed by atoms with Crippen molar-refractivity contribution >= 4 is 16.0 Å². The summed E-state index contributed by atoms with van der Waals surface area (Å²) in [5.74, 6) is -0.571. The lowest BCUT2D eigenvalue weighted by Gasteiger charge is -2.21. The first-order valence-electron chi connectivity index (χ1n) is 9.14. The zero-order valence-corrected chi connectivity index (χ0v) is 17.4. The van der Waals surface area contributed by atoms with Crippen LogP contribution in [0.5, 0.6) is 0 Å². The van der Waals surface area contributed by atoms with Crippen LogP contribution in [-0.2, 0) is 14.8 Å². The van der Waals surface area contributed by atoms with Gasteiger partial charge < -0.3 is 4.74 Å². The number of carbonyl (C=O) groups is 1. The van der Waals surface area contributed by atoms with Gasteiger partial charge in [-0.3, -0.25) is 0 Å². The van der Waals surface area contributed by atoms with Gasteiger partial charge in [0, 0.05) is 0 Å². The lowest BCUT2D eigenvalue weighted by atomic mass is 9.98.